The molecule has 3 rings (SSSR count). The molecule has 5 nitrogen and oxygen atoms in total. The number of carbonyl (C=O) groups excluding carboxylic acids is 1. The molecule has 1 unspecified atom stereocenters. The summed E-state index contributed by atoms with van der Waals surface area (Å²) in [5.41, 5.74) is 1.41. The average Bonchev–Trinajstić information content (AvgIpc) is 2.70. The second-order valence-electron chi connectivity index (χ2n) is 6.26. The minimum atomic E-state index is -0.455. The largest absolute Gasteiger partial charge is 0.493 e. The van der Waals surface area contributed by atoms with Gasteiger partial charge in [0.2, 0.25) is 0 Å². The predicted octanol–water partition coefficient (Wildman–Crippen LogP) is 4.20. The van der Waals surface area contributed by atoms with Crippen LogP contribution < -0.4 is 10.4 Å². The standard InChI is InChI=1S/C22H20O5/c1-3-21(23)26-14-15(2)13-25-18-10-9-17-11-19(16-7-5-4-6-8-16)22(24)27-20(17)12-18/h3-12,15H,1,13-14H2,2H3. The number of carbonyl (C=O) groups is 1. The SMILES string of the molecule is C=CC(=O)OCC(C)COc1ccc2cc(-c3ccccc3)c(=O)oc2c1. The van der Waals surface area contributed by atoms with Crippen molar-refractivity contribution in [2.45, 2.75) is 6.92 Å². The Balaban J connectivity index is 1.73. The molecular formula is C22H20O5. The van der Waals surface area contributed by atoms with Crippen molar-refractivity contribution in [1.29, 1.82) is 0 Å². The Hall–Kier alpha value is -3.34. The molecule has 0 spiro atoms. The molecule has 0 saturated heterocycles. The topological polar surface area (TPSA) is 65.7 Å². The lowest BCUT2D eigenvalue weighted by molar-refractivity contribution is -0.139. The van der Waals surface area contributed by atoms with Gasteiger partial charge in [0.25, 0.3) is 0 Å². The van der Waals surface area contributed by atoms with Gasteiger partial charge in [0.1, 0.15) is 11.3 Å². The summed E-state index contributed by atoms with van der Waals surface area (Å²) in [6.07, 6.45) is 1.13. The molecule has 138 valence electrons. The Labute approximate surface area is 156 Å². The van der Waals surface area contributed by atoms with Crippen LogP contribution in [0.15, 0.2) is 76.5 Å². The van der Waals surface area contributed by atoms with Crippen molar-refractivity contribution in [3.63, 3.8) is 0 Å². The third-order valence-electron chi connectivity index (χ3n) is 4.00. The molecule has 0 aliphatic carbocycles. The van der Waals surface area contributed by atoms with Crippen LogP contribution in [0.5, 0.6) is 5.75 Å². The molecule has 0 bridgehead atoms. The summed E-state index contributed by atoms with van der Waals surface area (Å²) in [6, 6.07) is 16.6. The zero-order valence-electron chi connectivity index (χ0n) is 15.0. The first kappa shape index (κ1) is 18.5. The van der Waals surface area contributed by atoms with Crippen LogP contribution in [0, 0.1) is 5.92 Å². The first-order valence-corrected chi connectivity index (χ1v) is 8.62. The highest BCUT2D eigenvalue weighted by Crippen LogP contribution is 2.24. The quantitative estimate of drug-likeness (QED) is 0.357. The van der Waals surface area contributed by atoms with Gasteiger partial charge in [0.15, 0.2) is 0 Å². The average molecular weight is 364 g/mol. The van der Waals surface area contributed by atoms with Gasteiger partial charge in [-0.3, -0.25) is 0 Å². The first-order valence-electron chi connectivity index (χ1n) is 8.62. The molecule has 1 aromatic heterocycles. The fourth-order valence-electron chi connectivity index (χ4n) is 2.57. The molecule has 1 atom stereocenters. The summed E-state index contributed by atoms with van der Waals surface area (Å²) in [7, 11) is 0. The molecule has 2 aromatic carbocycles. The van der Waals surface area contributed by atoms with Crippen molar-refractivity contribution in [1.82, 2.24) is 0 Å². The summed E-state index contributed by atoms with van der Waals surface area (Å²) in [5.74, 6) is 0.139. The Morgan fingerprint density at radius 2 is 1.93 bits per heavy atom. The van der Waals surface area contributed by atoms with E-state index in [4.69, 9.17) is 13.9 Å². The summed E-state index contributed by atoms with van der Waals surface area (Å²) in [5, 5.41) is 0.814. The summed E-state index contributed by atoms with van der Waals surface area (Å²) in [4.78, 5) is 23.4. The van der Waals surface area contributed by atoms with Crippen LogP contribution in [-0.2, 0) is 9.53 Å². The number of hydrogen-bond donors (Lipinski definition) is 0. The van der Waals surface area contributed by atoms with Crippen LogP contribution in [0.3, 0.4) is 0 Å². The lowest BCUT2D eigenvalue weighted by Crippen LogP contribution is -2.16. The fraction of sp³-hybridized carbons (Fsp3) is 0.182. The van der Waals surface area contributed by atoms with Crippen molar-refractivity contribution >= 4 is 16.9 Å². The van der Waals surface area contributed by atoms with Gasteiger partial charge in [-0.15, -0.1) is 0 Å². The van der Waals surface area contributed by atoms with E-state index in [1.165, 1.54) is 0 Å². The van der Waals surface area contributed by atoms with Crippen LogP contribution >= 0.6 is 0 Å². The maximum absolute atomic E-state index is 12.3. The first-order chi connectivity index (χ1) is 13.1. The van der Waals surface area contributed by atoms with E-state index in [9.17, 15) is 9.59 Å². The van der Waals surface area contributed by atoms with Gasteiger partial charge in [-0.1, -0.05) is 43.8 Å². The maximum Gasteiger partial charge on any atom is 0.344 e. The van der Waals surface area contributed by atoms with Gasteiger partial charge >= 0.3 is 11.6 Å². The second kappa shape index (κ2) is 8.36. The number of ether oxygens (including phenoxy) is 2. The van der Waals surface area contributed by atoms with E-state index in [1.807, 2.05) is 55.5 Å². The van der Waals surface area contributed by atoms with Crippen molar-refractivity contribution < 1.29 is 18.7 Å². The molecule has 0 aliphatic heterocycles. The third-order valence-corrected chi connectivity index (χ3v) is 4.00. The summed E-state index contributed by atoms with van der Waals surface area (Å²) in [6.45, 7) is 5.87. The second-order valence-corrected chi connectivity index (χ2v) is 6.26. The molecule has 0 amide bonds. The zero-order valence-corrected chi connectivity index (χ0v) is 15.0. The third kappa shape index (κ3) is 4.64. The zero-order chi connectivity index (χ0) is 19.2. The molecule has 0 aliphatic rings. The van der Waals surface area contributed by atoms with E-state index in [-0.39, 0.29) is 12.5 Å². The number of esters is 1. The molecule has 0 N–H and O–H groups in total. The van der Waals surface area contributed by atoms with Crippen LogP contribution in [0.1, 0.15) is 6.92 Å². The van der Waals surface area contributed by atoms with Gasteiger partial charge in [-0.05, 0) is 23.8 Å². The van der Waals surface area contributed by atoms with Gasteiger partial charge in [-0.2, -0.15) is 0 Å². The smallest absolute Gasteiger partial charge is 0.344 e. The van der Waals surface area contributed by atoms with Crippen molar-refractivity contribution in [2.24, 2.45) is 5.92 Å². The minimum absolute atomic E-state index is 0.0112. The molecule has 1 heterocycles. The lowest BCUT2D eigenvalue weighted by Gasteiger charge is -2.13. The van der Waals surface area contributed by atoms with Gasteiger partial charge in [0.05, 0.1) is 18.8 Å². The molecule has 5 heteroatoms. The monoisotopic (exact) mass is 364 g/mol. The Bertz CT molecular complexity index is 1000. The van der Waals surface area contributed by atoms with E-state index >= 15 is 0 Å². The van der Waals surface area contributed by atoms with Crippen LogP contribution in [0.2, 0.25) is 0 Å². The van der Waals surface area contributed by atoms with Gasteiger partial charge < -0.3 is 13.9 Å². The molecular weight excluding hydrogens is 344 g/mol. The van der Waals surface area contributed by atoms with Gasteiger partial charge in [-0.25, -0.2) is 9.59 Å². The van der Waals surface area contributed by atoms with E-state index in [1.54, 1.807) is 6.07 Å². The Morgan fingerprint density at radius 3 is 2.67 bits per heavy atom. The van der Waals surface area contributed by atoms with Crippen LogP contribution in [0.25, 0.3) is 22.1 Å². The molecule has 0 radical (unpaired) electrons. The molecule has 0 saturated carbocycles. The minimum Gasteiger partial charge on any atom is -0.493 e. The van der Waals surface area contributed by atoms with Gasteiger partial charge in [0, 0.05) is 23.4 Å². The normalized spacial score (nSPS) is 11.7. The van der Waals surface area contributed by atoms with Crippen molar-refractivity contribution in [2.75, 3.05) is 13.2 Å². The van der Waals surface area contributed by atoms with Crippen molar-refractivity contribution in [3.05, 3.63) is 77.7 Å². The highest BCUT2D eigenvalue weighted by Gasteiger charge is 2.10. The number of fused-ring (bicyclic) bond motifs is 1. The number of benzene rings is 2. The molecule has 3 aromatic rings. The maximum atomic E-state index is 12.3. The highest BCUT2D eigenvalue weighted by atomic mass is 16.5. The van der Waals surface area contributed by atoms with Crippen LogP contribution in [-0.4, -0.2) is 19.2 Å². The van der Waals surface area contributed by atoms with Crippen LogP contribution in [0.4, 0.5) is 0 Å². The summed E-state index contributed by atoms with van der Waals surface area (Å²) < 4.78 is 16.2. The number of hydrogen-bond acceptors (Lipinski definition) is 5. The summed E-state index contributed by atoms with van der Waals surface area (Å²) >= 11 is 0. The Kier molecular flexibility index (Phi) is 5.71. The molecule has 27 heavy (non-hydrogen) atoms. The van der Waals surface area contributed by atoms with E-state index in [0.717, 1.165) is 17.0 Å². The van der Waals surface area contributed by atoms with E-state index < -0.39 is 11.6 Å². The highest BCUT2D eigenvalue weighted by molar-refractivity contribution is 5.82. The number of rotatable bonds is 7. The van der Waals surface area contributed by atoms with Crippen molar-refractivity contribution in [3.8, 4) is 16.9 Å². The predicted molar refractivity (Wildman–Crippen MR) is 104 cm³/mol. The molecule has 0 fully saturated rings. The Morgan fingerprint density at radius 1 is 1.15 bits per heavy atom. The van der Waals surface area contributed by atoms with E-state index in [2.05, 4.69) is 6.58 Å². The lowest BCUT2D eigenvalue weighted by atomic mass is 10.1. The fourth-order valence-corrected chi connectivity index (χ4v) is 2.57. The van der Waals surface area contributed by atoms with E-state index in [0.29, 0.717) is 23.5 Å².